The van der Waals surface area contributed by atoms with E-state index in [1.165, 1.54) is 25.0 Å². The van der Waals surface area contributed by atoms with Crippen LogP contribution >= 0.6 is 15.9 Å². The highest BCUT2D eigenvalue weighted by molar-refractivity contribution is 9.10. The molecule has 2 rings (SSSR count). The molecule has 0 unspecified atom stereocenters. The molecule has 2 nitrogen and oxygen atoms in total. The lowest BCUT2D eigenvalue weighted by molar-refractivity contribution is -0.117. The maximum absolute atomic E-state index is 13.0. The highest BCUT2D eigenvalue weighted by Crippen LogP contribution is 2.27. The lowest BCUT2D eigenvalue weighted by atomic mass is 10.1. The summed E-state index contributed by atoms with van der Waals surface area (Å²) in [5.74, 6) is 0.558. The first-order chi connectivity index (χ1) is 8.15. The van der Waals surface area contributed by atoms with Crippen molar-refractivity contribution in [2.24, 2.45) is 5.92 Å². The van der Waals surface area contributed by atoms with E-state index in [0.717, 1.165) is 16.9 Å². The van der Waals surface area contributed by atoms with Crippen LogP contribution < -0.4 is 5.32 Å². The monoisotopic (exact) mass is 299 g/mol. The van der Waals surface area contributed by atoms with E-state index in [0.29, 0.717) is 12.1 Å². The maximum Gasteiger partial charge on any atom is 0.151 e. The number of carbonyl (C=O) groups excluding carboxylic acids is 1. The number of ketones is 1. The summed E-state index contributed by atoms with van der Waals surface area (Å²) in [5.41, 5.74) is 0.711. The first-order valence-electron chi connectivity index (χ1n) is 5.81. The molecule has 0 amide bonds. The van der Waals surface area contributed by atoms with E-state index < -0.39 is 0 Å². The molecule has 17 heavy (non-hydrogen) atoms. The Labute approximate surface area is 109 Å². The summed E-state index contributed by atoms with van der Waals surface area (Å²) in [4.78, 5) is 11.7. The lowest BCUT2D eigenvalue weighted by Crippen LogP contribution is -2.26. The second kappa shape index (κ2) is 5.74. The van der Waals surface area contributed by atoms with Crippen LogP contribution in [0.25, 0.3) is 0 Å². The molecule has 4 heteroatoms. The van der Waals surface area contributed by atoms with Gasteiger partial charge in [-0.3, -0.25) is 4.79 Å². The summed E-state index contributed by atoms with van der Waals surface area (Å²) in [6.45, 7) is 1.30. The average Bonchev–Trinajstić information content (AvgIpc) is 3.07. The molecule has 1 aliphatic carbocycles. The van der Waals surface area contributed by atoms with E-state index in [9.17, 15) is 9.18 Å². The van der Waals surface area contributed by atoms with Crippen molar-refractivity contribution in [3.8, 4) is 0 Å². The molecule has 92 valence electrons. The number of nitrogens with one attached hydrogen (secondary N) is 1. The van der Waals surface area contributed by atoms with Crippen molar-refractivity contribution in [2.75, 3.05) is 13.1 Å². The van der Waals surface area contributed by atoms with Gasteiger partial charge in [-0.2, -0.15) is 0 Å². The fraction of sp³-hybridized carbons (Fsp3) is 0.462. The van der Waals surface area contributed by atoms with Gasteiger partial charge in [0, 0.05) is 10.9 Å². The van der Waals surface area contributed by atoms with Crippen LogP contribution in [0.5, 0.6) is 0 Å². The molecule has 0 bridgehead atoms. The largest absolute Gasteiger partial charge is 0.310 e. The predicted molar refractivity (Wildman–Crippen MR) is 68.4 cm³/mol. The Morgan fingerprint density at radius 1 is 1.47 bits per heavy atom. The zero-order valence-corrected chi connectivity index (χ0v) is 11.1. The minimum atomic E-state index is -0.304. The third-order valence-corrected chi connectivity index (χ3v) is 3.62. The molecule has 1 aromatic rings. The Morgan fingerprint density at radius 3 is 2.94 bits per heavy atom. The second-order valence-electron chi connectivity index (χ2n) is 4.53. The van der Waals surface area contributed by atoms with Gasteiger partial charge >= 0.3 is 0 Å². The average molecular weight is 300 g/mol. The molecule has 0 saturated heterocycles. The Hall–Kier alpha value is -0.740. The normalized spacial score (nSPS) is 14.9. The molecule has 0 radical (unpaired) electrons. The molecule has 1 saturated carbocycles. The number of halogens is 2. The Morgan fingerprint density at radius 2 is 2.24 bits per heavy atom. The third kappa shape index (κ3) is 4.21. The maximum atomic E-state index is 13.0. The van der Waals surface area contributed by atoms with Crippen molar-refractivity contribution in [2.45, 2.75) is 19.3 Å². The van der Waals surface area contributed by atoms with E-state index in [1.807, 2.05) is 0 Å². The molecule has 0 spiro atoms. The molecule has 1 aliphatic rings. The van der Waals surface area contributed by atoms with Crippen molar-refractivity contribution in [1.29, 1.82) is 0 Å². The molecule has 0 heterocycles. The molecular weight excluding hydrogens is 285 g/mol. The fourth-order valence-electron chi connectivity index (χ4n) is 1.69. The number of benzene rings is 1. The van der Waals surface area contributed by atoms with Crippen molar-refractivity contribution >= 4 is 21.7 Å². The number of carbonyl (C=O) groups is 1. The SMILES string of the molecule is O=C(CNCC1CC1)Cc1cc(F)ccc1Br. The van der Waals surface area contributed by atoms with Gasteiger partial charge in [0.25, 0.3) is 0 Å². The summed E-state index contributed by atoms with van der Waals surface area (Å²) >= 11 is 3.32. The Bertz CT molecular complexity index is 418. The Kier molecular flexibility index (Phi) is 4.29. The van der Waals surface area contributed by atoms with Crippen LogP contribution in [-0.2, 0) is 11.2 Å². The summed E-state index contributed by atoms with van der Waals surface area (Å²) in [6.07, 6.45) is 2.82. The first kappa shape index (κ1) is 12.7. The molecule has 0 aliphatic heterocycles. The molecule has 0 atom stereocenters. The summed E-state index contributed by atoms with van der Waals surface area (Å²) in [7, 11) is 0. The number of rotatable bonds is 6. The van der Waals surface area contributed by atoms with Crippen molar-refractivity contribution < 1.29 is 9.18 Å². The first-order valence-corrected chi connectivity index (χ1v) is 6.61. The van der Waals surface area contributed by atoms with E-state index in [2.05, 4.69) is 21.2 Å². The minimum Gasteiger partial charge on any atom is -0.310 e. The summed E-state index contributed by atoms with van der Waals surface area (Å²) < 4.78 is 13.8. The zero-order chi connectivity index (χ0) is 12.3. The highest BCUT2D eigenvalue weighted by Gasteiger charge is 2.20. The second-order valence-corrected chi connectivity index (χ2v) is 5.38. The van der Waals surface area contributed by atoms with Gasteiger partial charge in [0.2, 0.25) is 0 Å². The van der Waals surface area contributed by atoms with E-state index in [1.54, 1.807) is 6.07 Å². The predicted octanol–water partition coefficient (Wildman–Crippen LogP) is 2.70. The Balaban J connectivity index is 1.81. The molecule has 1 fully saturated rings. The minimum absolute atomic E-state index is 0.0944. The van der Waals surface area contributed by atoms with E-state index in [4.69, 9.17) is 0 Å². The number of hydrogen-bond donors (Lipinski definition) is 1. The third-order valence-electron chi connectivity index (χ3n) is 2.85. The van der Waals surface area contributed by atoms with Gasteiger partial charge in [-0.25, -0.2) is 4.39 Å². The van der Waals surface area contributed by atoms with Crippen LogP contribution in [0.15, 0.2) is 22.7 Å². The van der Waals surface area contributed by atoms with Crippen molar-refractivity contribution in [3.63, 3.8) is 0 Å². The zero-order valence-electron chi connectivity index (χ0n) is 9.51. The van der Waals surface area contributed by atoms with Crippen molar-refractivity contribution in [1.82, 2.24) is 5.32 Å². The van der Waals surface area contributed by atoms with E-state index in [-0.39, 0.29) is 18.0 Å². The smallest absolute Gasteiger partial charge is 0.151 e. The van der Waals surface area contributed by atoms with Gasteiger partial charge in [-0.15, -0.1) is 0 Å². The van der Waals surface area contributed by atoms with Crippen LogP contribution in [0.1, 0.15) is 18.4 Å². The van der Waals surface area contributed by atoms with Gasteiger partial charge in [-0.05, 0) is 49.1 Å². The van der Waals surface area contributed by atoms with Crippen LogP contribution in [0.4, 0.5) is 4.39 Å². The van der Waals surface area contributed by atoms with E-state index >= 15 is 0 Å². The van der Waals surface area contributed by atoms with Gasteiger partial charge < -0.3 is 5.32 Å². The molecule has 0 aromatic heterocycles. The van der Waals surface area contributed by atoms with Gasteiger partial charge in [0.1, 0.15) is 5.82 Å². The van der Waals surface area contributed by atoms with Gasteiger partial charge in [0.15, 0.2) is 5.78 Å². The number of Topliss-reactive ketones (excluding diaryl/α,β-unsaturated/α-hetero) is 1. The molecule has 1 N–H and O–H groups in total. The quantitative estimate of drug-likeness (QED) is 0.875. The highest BCUT2D eigenvalue weighted by atomic mass is 79.9. The lowest BCUT2D eigenvalue weighted by Gasteiger charge is -2.05. The fourth-order valence-corrected chi connectivity index (χ4v) is 2.08. The van der Waals surface area contributed by atoms with Gasteiger partial charge in [-0.1, -0.05) is 15.9 Å². The molecular formula is C13H15BrFNO. The standard InChI is InChI=1S/C13H15BrFNO/c14-13-4-3-11(15)5-10(13)6-12(17)8-16-7-9-1-2-9/h3-5,9,16H,1-2,6-8H2. The van der Waals surface area contributed by atoms with Crippen LogP contribution in [0.3, 0.4) is 0 Å². The summed E-state index contributed by atoms with van der Waals surface area (Å²) in [5, 5.41) is 3.14. The summed E-state index contributed by atoms with van der Waals surface area (Å²) in [6, 6.07) is 4.42. The van der Waals surface area contributed by atoms with Crippen LogP contribution in [-0.4, -0.2) is 18.9 Å². The molecule has 1 aromatic carbocycles. The van der Waals surface area contributed by atoms with Crippen LogP contribution in [0.2, 0.25) is 0 Å². The number of hydrogen-bond acceptors (Lipinski definition) is 2. The topological polar surface area (TPSA) is 29.1 Å². The van der Waals surface area contributed by atoms with Gasteiger partial charge in [0.05, 0.1) is 6.54 Å². The van der Waals surface area contributed by atoms with Crippen LogP contribution in [0, 0.1) is 11.7 Å². The van der Waals surface area contributed by atoms with Crippen molar-refractivity contribution in [3.05, 3.63) is 34.1 Å².